The number of anilines is 2. The molecule has 0 fully saturated rings. The summed E-state index contributed by atoms with van der Waals surface area (Å²) in [7, 11) is 0. The predicted molar refractivity (Wildman–Crippen MR) is 125 cm³/mol. The third kappa shape index (κ3) is 4.07. The zero-order valence-electron chi connectivity index (χ0n) is 16.8. The molecule has 1 atom stereocenters. The highest BCUT2D eigenvalue weighted by Gasteiger charge is 2.14. The van der Waals surface area contributed by atoms with Gasteiger partial charge in [0.25, 0.3) is 0 Å². The van der Waals surface area contributed by atoms with E-state index < -0.39 is 0 Å². The Hall–Kier alpha value is -3.56. The molecule has 4 aromatic rings. The molecular weight excluding hydrogens is 390 g/mol. The molecular formula is C24H21N5S. The summed E-state index contributed by atoms with van der Waals surface area (Å²) in [5.41, 5.74) is 6.28. The number of benzene rings is 2. The molecule has 0 aliphatic carbocycles. The van der Waals surface area contributed by atoms with E-state index >= 15 is 0 Å². The minimum absolute atomic E-state index is 0.0447. The Morgan fingerprint density at radius 2 is 1.83 bits per heavy atom. The normalized spacial score (nSPS) is 11.6. The number of nitriles is 1. The lowest BCUT2D eigenvalue weighted by molar-refractivity contribution is 0.885. The van der Waals surface area contributed by atoms with Crippen molar-refractivity contribution in [1.29, 1.82) is 5.26 Å². The standard InChI is InChI=1S/C24H21N5S/c1-16(17-6-4-3-5-7-17)28-24-20(12-25)14-27-23-9-8-18(11-22(23)24)19-10-21(29-30-2)15-26-13-19/h3-11,13-16,29H,1-2H3,(H,27,28). The summed E-state index contributed by atoms with van der Waals surface area (Å²) in [6.07, 6.45) is 7.25. The fraction of sp³-hybridized carbons (Fsp3) is 0.125. The van der Waals surface area contributed by atoms with Crippen LogP contribution in [0, 0.1) is 11.3 Å². The average molecular weight is 412 g/mol. The van der Waals surface area contributed by atoms with Crippen LogP contribution < -0.4 is 10.0 Å². The third-order valence-corrected chi connectivity index (χ3v) is 5.38. The van der Waals surface area contributed by atoms with E-state index in [1.807, 2.05) is 42.8 Å². The maximum absolute atomic E-state index is 9.69. The van der Waals surface area contributed by atoms with Crippen molar-refractivity contribution in [2.75, 3.05) is 16.3 Å². The second kappa shape index (κ2) is 8.85. The maximum atomic E-state index is 9.69. The number of fused-ring (bicyclic) bond motifs is 1. The molecule has 4 rings (SSSR count). The van der Waals surface area contributed by atoms with Crippen molar-refractivity contribution in [3.63, 3.8) is 0 Å². The van der Waals surface area contributed by atoms with Crippen LogP contribution in [-0.4, -0.2) is 16.2 Å². The highest BCUT2D eigenvalue weighted by Crippen LogP contribution is 2.33. The van der Waals surface area contributed by atoms with Gasteiger partial charge in [0, 0.05) is 35.6 Å². The lowest BCUT2D eigenvalue weighted by Gasteiger charge is -2.18. The number of aromatic nitrogens is 2. The molecule has 148 valence electrons. The lowest BCUT2D eigenvalue weighted by atomic mass is 10.0. The van der Waals surface area contributed by atoms with Crippen LogP contribution in [0.15, 0.2) is 73.2 Å². The van der Waals surface area contributed by atoms with Crippen molar-refractivity contribution in [2.45, 2.75) is 13.0 Å². The largest absolute Gasteiger partial charge is 0.377 e. The van der Waals surface area contributed by atoms with Gasteiger partial charge >= 0.3 is 0 Å². The van der Waals surface area contributed by atoms with Gasteiger partial charge in [0.05, 0.1) is 28.7 Å². The number of hydrogen-bond acceptors (Lipinski definition) is 6. The third-order valence-electron chi connectivity index (χ3n) is 4.94. The minimum Gasteiger partial charge on any atom is -0.377 e. The van der Waals surface area contributed by atoms with Gasteiger partial charge in [-0.05, 0) is 36.2 Å². The van der Waals surface area contributed by atoms with E-state index in [1.165, 1.54) is 11.9 Å². The molecule has 0 aliphatic rings. The van der Waals surface area contributed by atoms with Crippen molar-refractivity contribution in [3.8, 4) is 17.2 Å². The molecule has 0 bridgehead atoms. The van der Waals surface area contributed by atoms with Gasteiger partial charge in [-0.1, -0.05) is 48.3 Å². The van der Waals surface area contributed by atoms with Gasteiger partial charge in [-0.3, -0.25) is 9.97 Å². The summed E-state index contributed by atoms with van der Waals surface area (Å²) < 4.78 is 3.22. The second-order valence-corrected chi connectivity index (χ2v) is 7.55. The quantitative estimate of drug-likeness (QED) is 0.377. The van der Waals surface area contributed by atoms with Crippen LogP contribution in [0.4, 0.5) is 11.4 Å². The summed E-state index contributed by atoms with van der Waals surface area (Å²) in [5.74, 6) is 0. The molecule has 6 heteroatoms. The van der Waals surface area contributed by atoms with E-state index in [-0.39, 0.29) is 6.04 Å². The molecule has 0 radical (unpaired) electrons. The van der Waals surface area contributed by atoms with E-state index in [1.54, 1.807) is 12.4 Å². The van der Waals surface area contributed by atoms with Crippen molar-refractivity contribution in [2.24, 2.45) is 0 Å². The first kappa shape index (κ1) is 19.7. The Balaban J connectivity index is 1.80. The van der Waals surface area contributed by atoms with Crippen LogP contribution in [0.2, 0.25) is 0 Å². The van der Waals surface area contributed by atoms with Crippen molar-refractivity contribution < 1.29 is 0 Å². The Kier molecular flexibility index (Phi) is 5.82. The minimum atomic E-state index is 0.0447. The number of pyridine rings is 2. The topological polar surface area (TPSA) is 73.6 Å². The maximum Gasteiger partial charge on any atom is 0.103 e. The first-order valence-electron chi connectivity index (χ1n) is 9.58. The smallest absolute Gasteiger partial charge is 0.103 e. The van der Waals surface area contributed by atoms with E-state index in [4.69, 9.17) is 0 Å². The molecule has 2 N–H and O–H groups in total. The van der Waals surface area contributed by atoms with Crippen LogP contribution in [0.25, 0.3) is 22.0 Å². The fourth-order valence-corrected chi connectivity index (χ4v) is 3.77. The Morgan fingerprint density at radius 3 is 2.60 bits per heavy atom. The van der Waals surface area contributed by atoms with E-state index in [9.17, 15) is 5.26 Å². The summed E-state index contributed by atoms with van der Waals surface area (Å²) in [6.45, 7) is 2.09. The summed E-state index contributed by atoms with van der Waals surface area (Å²) in [4.78, 5) is 8.83. The number of rotatable bonds is 6. The number of nitrogens with one attached hydrogen (secondary N) is 2. The van der Waals surface area contributed by atoms with Crippen LogP contribution in [0.3, 0.4) is 0 Å². The van der Waals surface area contributed by atoms with Gasteiger partial charge in [0.2, 0.25) is 0 Å². The Labute approximate surface area is 180 Å². The predicted octanol–water partition coefficient (Wildman–Crippen LogP) is 6.03. The van der Waals surface area contributed by atoms with Crippen molar-refractivity contribution >= 4 is 34.2 Å². The van der Waals surface area contributed by atoms with Crippen molar-refractivity contribution in [1.82, 2.24) is 9.97 Å². The van der Waals surface area contributed by atoms with Crippen LogP contribution >= 0.6 is 11.9 Å². The number of nitrogens with zero attached hydrogens (tertiary/aromatic N) is 3. The molecule has 0 saturated heterocycles. The van der Waals surface area contributed by atoms with E-state index in [0.717, 1.165) is 39.0 Å². The second-order valence-electron chi connectivity index (χ2n) is 6.94. The summed E-state index contributed by atoms with van der Waals surface area (Å²) in [5, 5.41) is 14.1. The van der Waals surface area contributed by atoms with Gasteiger partial charge in [-0.15, -0.1) is 0 Å². The fourth-order valence-electron chi connectivity index (χ4n) is 3.43. The highest BCUT2D eigenvalue weighted by atomic mass is 32.2. The van der Waals surface area contributed by atoms with E-state index in [2.05, 4.69) is 57.3 Å². The SMILES string of the molecule is CSNc1cncc(-c2ccc3ncc(C#N)c(NC(C)c4ccccc4)c3c2)c1. The van der Waals surface area contributed by atoms with Gasteiger partial charge in [-0.25, -0.2) is 0 Å². The molecule has 2 aromatic heterocycles. The molecule has 2 heterocycles. The monoisotopic (exact) mass is 411 g/mol. The molecule has 0 spiro atoms. The van der Waals surface area contributed by atoms with Crippen LogP contribution in [-0.2, 0) is 0 Å². The molecule has 2 aromatic carbocycles. The zero-order chi connectivity index (χ0) is 20.9. The summed E-state index contributed by atoms with van der Waals surface area (Å²) >= 11 is 1.53. The molecule has 5 nitrogen and oxygen atoms in total. The Bertz CT molecular complexity index is 1220. The summed E-state index contributed by atoms with van der Waals surface area (Å²) in [6, 6.07) is 20.7. The van der Waals surface area contributed by atoms with Crippen molar-refractivity contribution in [3.05, 3.63) is 84.3 Å². The first-order valence-corrected chi connectivity index (χ1v) is 10.8. The van der Waals surface area contributed by atoms with Gasteiger partial charge < -0.3 is 10.0 Å². The van der Waals surface area contributed by atoms with Gasteiger partial charge in [-0.2, -0.15) is 5.26 Å². The van der Waals surface area contributed by atoms with Crippen LogP contribution in [0.5, 0.6) is 0 Å². The van der Waals surface area contributed by atoms with Gasteiger partial charge in [0.1, 0.15) is 6.07 Å². The average Bonchev–Trinajstić information content (AvgIpc) is 2.80. The molecule has 0 amide bonds. The first-order chi connectivity index (χ1) is 14.7. The zero-order valence-corrected chi connectivity index (χ0v) is 17.6. The molecule has 0 aliphatic heterocycles. The van der Waals surface area contributed by atoms with E-state index in [0.29, 0.717) is 5.56 Å². The molecule has 30 heavy (non-hydrogen) atoms. The molecule has 0 saturated carbocycles. The van der Waals surface area contributed by atoms with Crippen LogP contribution in [0.1, 0.15) is 24.1 Å². The number of hydrogen-bond donors (Lipinski definition) is 2. The van der Waals surface area contributed by atoms with Gasteiger partial charge in [0.15, 0.2) is 0 Å². The molecule has 1 unspecified atom stereocenters. The lowest BCUT2D eigenvalue weighted by Crippen LogP contribution is -2.08. The Morgan fingerprint density at radius 1 is 1.00 bits per heavy atom. The highest BCUT2D eigenvalue weighted by molar-refractivity contribution is 7.99.